The number of rotatable bonds is 8. The summed E-state index contributed by atoms with van der Waals surface area (Å²) in [5.41, 5.74) is 2.72. The maximum Gasteiger partial charge on any atom is 0.0482 e. The number of unbranched alkanes of at least 4 members (excludes halogenated alkanes) is 1. The fraction of sp³-hybridized carbons (Fsp3) is 0.500. The van der Waals surface area contributed by atoms with Gasteiger partial charge in [0.15, 0.2) is 0 Å². The van der Waals surface area contributed by atoms with Gasteiger partial charge < -0.3 is 14.6 Å². The Labute approximate surface area is 115 Å². The smallest absolute Gasteiger partial charge is 0.0482 e. The van der Waals surface area contributed by atoms with E-state index in [9.17, 15) is 0 Å². The molecule has 0 aliphatic carbocycles. The third-order valence-electron chi connectivity index (χ3n) is 3.43. The monoisotopic (exact) mass is 260 g/mol. The molecular weight excluding hydrogens is 236 g/mol. The zero-order valence-electron chi connectivity index (χ0n) is 12.0. The second-order valence-corrected chi connectivity index (χ2v) is 4.83. The molecule has 0 bridgehead atoms. The molecule has 0 atom stereocenters. The van der Waals surface area contributed by atoms with Crippen molar-refractivity contribution in [3.8, 4) is 0 Å². The minimum Gasteiger partial charge on any atom is -0.385 e. The molecule has 0 saturated heterocycles. The molecule has 3 nitrogen and oxygen atoms in total. The summed E-state index contributed by atoms with van der Waals surface area (Å²) in [6.07, 6.45) is 2.27. The van der Waals surface area contributed by atoms with Crippen molar-refractivity contribution in [3.63, 3.8) is 0 Å². The topological polar surface area (TPSA) is 26.2 Å². The number of nitrogens with one attached hydrogen (secondary N) is 1. The van der Waals surface area contributed by atoms with Gasteiger partial charge in [0.1, 0.15) is 0 Å². The molecule has 1 heterocycles. The fourth-order valence-electron chi connectivity index (χ4n) is 2.45. The molecule has 0 radical (unpaired) electrons. The molecule has 0 aliphatic rings. The van der Waals surface area contributed by atoms with Gasteiger partial charge in [0, 0.05) is 38.0 Å². The van der Waals surface area contributed by atoms with Gasteiger partial charge in [-0.2, -0.15) is 0 Å². The average molecular weight is 260 g/mol. The second-order valence-electron chi connectivity index (χ2n) is 4.83. The van der Waals surface area contributed by atoms with Gasteiger partial charge >= 0.3 is 0 Å². The molecule has 1 N–H and O–H groups in total. The Hall–Kier alpha value is -1.32. The highest BCUT2D eigenvalue weighted by Crippen LogP contribution is 2.20. The molecule has 2 aromatic rings. The SMILES string of the molecule is CCNCc1cc2ccccc2n1CCCCOC. The van der Waals surface area contributed by atoms with E-state index in [2.05, 4.69) is 47.1 Å². The van der Waals surface area contributed by atoms with Crippen molar-refractivity contribution < 1.29 is 4.74 Å². The van der Waals surface area contributed by atoms with Gasteiger partial charge in [-0.25, -0.2) is 0 Å². The van der Waals surface area contributed by atoms with Gasteiger partial charge in [0.2, 0.25) is 0 Å². The highest BCUT2D eigenvalue weighted by atomic mass is 16.5. The normalized spacial score (nSPS) is 11.3. The van der Waals surface area contributed by atoms with E-state index >= 15 is 0 Å². The predicted octanol–water partition coefficient (Wildman–Crippen LogP) is 3.18. The molecular formula is C16H24N2O. The van der Waals surface area contributed by atoms with Crippen LogP contribution in [-0.4, -0.2) is 24.8 Å². The van der Waals surface area contributed by atoms with E-state index in [0.29, 0.717) is 0 Å². The minimum atomic E-state index is 0.849. The van der Waals surface area contributed by atoms with Crippen molar-refractivity contribution in [2.45, 2.75) is 32.9 Å². The molecule has 3 heteroatoms. The van der Waals surface area contributed by atoms with Crippen LogP contribution in [0.3, 0.4) is 0 Å². The number of hydrogen-bond donors (Lipinski definition) is 1. The lowest BCUT2D eigenvalue weighted by Crippen LogP contribution is -2.15. The van der Waals surface area contributed by atoms with E-state index in [1.807, 2.05) is 0 Å². The second kappa shape index (κ2) is 7.31. The van der Waals surface area contributed by atoms with Crippen molar-refractivity contribution in [2.24, 2.45) is 0 Å². The lowest BCUT2D eigenvalue weighted by atomic mass is 10.2. The first-order valence-electron chi connectivity index (χ1n) is 7.13. The molecule has 0 fully saturated rings. The summed E-state index contributed by atoms with van der Waals surface area (Å²) in [7, 11) is 1.77. The van der Waals surface area contributed by atoms with Crippen LogP contribution in [-0.2, 0) is 17.8 Å². The zero-order chi connectivity index (χ0) is 13.5. The summed E-state index contributed by atoms with van der Waals surface area (Å²) < 4.78 is 7.56. The van der Waals surface area contributed by atoms with Gasteiger partial charge in [0.05, 0.1) is 0 Å². The molecule has 1 aromatic carbocycles. The molecule has 104 valence electrons. The Morgan fingerprint density at radius 3 is 2.84 bits per heavy atom. The highest BCUT2D eigenvalue weighted by molar-refractivity contribution is 5.81. The summed E-state index contributed by atoms with van der Waals surface area (Å²) in [4.78, 5) is 0. The van der Waals surface area contributed by atoms with Crippen LogP contribution < -0.4 is 5.32 Å². The van der Waals surface area contributed by atoms with E-state index in [1.54, 1.807) is 7.11 Å². The maximum absolute atomic E-state index is 5.12. The largest absolute Gasteiger partial charge is 0.385 e. The van der Waals surface area contributed by atoms with Crippen LogP contribution in [0.15, 0.2) is 30.3 Å². The summed E-state index contributed by atoms with van der Waals surface area (Å²) in [5.74, 6) is 0. The zero-order valence-corrected chi connectivity index (χ0v) is 12.0. The number of methoxy groups -OCH3 is 1. The summed E-state index contributed by atoms with van der Waals surface area (Å²) in [6, 6.07) is 10.9. The van der Waals surface area contributed by atoms with E-state index in [-0.39, 0.29) is 0 Å². The van der Waals surface area contributed by atoms with E-state index in [4.69, 9.17) is 4.74 Å². The first-order chi connectivity index (χ1) is 9.36. The van der Waals surface area contributed by atoms with Crippen LogP contribution in [0.25, 0.3) is 10.9 Å². The fourth-order valence-corrected chi connectivity index (χ4v) is 2.45. The van der Waals surface area contributed by atoms with E-state index in [0.717, 1.165) is 39.1 Å². The Morgan fingerprint density at radius 1 is 1.21 bits per heavy atom. The van der Waals surface area contributed by atoms with Crippen LogP contribution in [0.1, 0.15) is 25.5 Å². The number of ether oxygens (including phenoxy) is 1. The summed E-state index contributed by atoms with van der Waals surface area (Å²) in [5, 5.41) is 4.76. The molecule has 0 aliphatic heterocycles. The lowest BCUT2D eigenvalue weighted by molar-refractivity contribution is 0.191. The van der Waals surface area contributed by atoms with Gasteiger partial charge in [-0.3, -0.25) is 0 Å². The van der Waals surface area contributed by atoms with Crippen LogP contribution in [0.4, 0.5) is 0 Å². The van der Waals surface area contributed by atoms with Gasteiger partial charge in [-0.05, 0) is 36.9 Å². The standard InChI is InChI=1S/C16H24N2O/c1-3-17-13-15-12-14-8-4-5-9-16(14)18(15)10-6-7-11-19-2/h4-5,8-9,12,17H,3,6-7,10-11,13H2,1-2H3. The Bertz CT molecular complexity index is 504. The molecule has 0 unspecified atom stereocenters. The quantitative estimate of drug-likeness (QED) is 0.738. The molecule has 2 rings (SSSR count). The molecule has 1 aromatic heterocycles. The van der Waals surface area contributed by atoms with Gasteiger partial charge in [0.25, 0.3) is 0 Å². The van der Waals surface area contributed by atoms with Crippen molar-refractivity contribution in [1.82, 2.24) is 9.88 Å². The number of hydrogen-bond acceptors (Lipinski definition) is 2. The van der Waals surface area contributed by atoms with Crippen molar-refractivity contribution in [2.75, 3.05) is 20.3 Å². The van der Waals surface area contributed by atoms with Crippen LogP contribution in [0.5, 0.6) is 0 Å². The maximum atomic E-state index is 5.12. The summed E-state index contributed by atoms with van der Waals surface area (Å²) >= 11 is 0. The first kappa shape index (κ1) is 14.1. The number of fused-ring (bicyclic) bond motifs is 1. The number of aromatic nitrogens is 1. The predicted molar refractivity (Wildman–Crippen MR) is 80.4 cm³/mol. The molecule has 0 saturated carbocycles. The van der Waals surface area contributed by atoms with Gasteiger partial charge in [-0.1, -0.05) is 25.1 Å². The number of benzene rings is 1. The van der Waals surface area contributed by atoms with Crippen LogP contribution >= 0.6 is 0 Å². The molecule has 0 spiro atoms. The first-order valence-corrected chi connectivity index (χ1v) is 7.13. The minimum absolute atomic E-state index is 0.849. The van der Waals surface area contributed by atoms with E-state index < -0.39 is 0 Å². The number of aryl methyl sites for hydroxylation is 1. The Morgan fingerprint density at radius 2 is 2.05 bits per heavy atom. The third kappa shape index (κ3) is 3.58. The number of nitrogens with zero attached hydrogens (tertiary/aromatic N) is 1. The van der Waals surface area contributed by atoms with Crippen LogP contribution in [0.2, 0.25) is 0 Å². The number of para-hydroxylation sites is 1. The van der Waals surface area contributed by atoms with Gasteiger partial charge in [-0.15, -0.1) is 0 Å². The summed E-state index contributed by atoms with van der Waals surface area (Å²) in [6.45, 7) is 6.01. The van der Waals surface area contributed by atoms with Crippen molar-refractivity contribution in [3.05, 3.63) is 36.0 Å². The Balaban J connectivity index is 2.16. The van der Waals surface area contributed by atoms with Crippen LogP contribution in [0, 0.1) is 0 Å². The van der Waals surface area contributed by atoms with Crippen molar-refractivity contribution >= 4 is 10.9 Å². The van der Waals surface area contributed by atoms with Crippen molar-refractivity contribution in [1.29, 1.82) is 0 Å². The third-order valence-corrected chi connectivity index (χ3v) is 3.43. The molecule has 0 amide bonds. The Kier molecular flexibility index (Phi) is 5.43. The molecule has 19 heavy (non-hydrogen) atoms. The highest BCUT2D eigenvalue weighted by Gasteiger charge is 2.07. The average Bonchev–Trinajstić information content (AvgIpc) is 2.79. The van der Waals surface area contributed by atoms with E-state index in [1.165, 1.54) is 16.6 Å². The lowest BCUT2D eigenvalue weighted by Gasteiger charge is -2.11.